The number of rotatable bonds is 6. The van der Waals surface area contributed by atoms with Crippen molar-refractivity contribution in [1.82, 2.24) is 0 Å². The second-order valence-electron chi connectivity index (χ2n) is 7.49. The van der Waals surface area contributed by atoms with E-state index < -0.39 is 5.97 Å². The summed E-state index contributed by atoms with van der Waals surface area (Å²) in [6.07, 6.45) is 3.83. The van der Waals surface area contributed by atoms with Crippen LogP contribution in [0.1, 0.15) is 61.3 Å². The molecule has 0 atom stereocenters. The summed E-state index contributed by atoms with van der Waals surface area (Å²) in [7, 11) is 0. The van der Waals surface area contributed by atoms with Crippen LogP contribution < -0.4 is 10.6 Å². The first kappa shape index (κ1) is 21.8. The van der Waals surface area contributed by atoms with E-state index in [0.29, 0.717) is 34.0 Å². The molecule has 2 aromatic carbocycles. The quantitative estimate of drug-likeness (QED) is 0.501. The molecule has 0 saturated heterocycles. The van der Waals surface area contributed by atoms with Gasteiger partial charge in [-0.2, -0.15) is 0 Å². The standard InChI is InChI=1S/C25H24N2O4S/c1-2-31-25(30)17-12-14-18(15-13-17)26-23(29)21-19-10-6-7-11-20(19)32-24(21)27-22(28)16-8-4-3-5-9-16/h3-5,8-9,12-15H,2,6-7,10-11H2,1H3,(H,26,29)(H,27,28). The van der Waals surface area contributed by atoms with Crippen LogP contribution in [0.3, 0.4) is 0 Å². The Kier molecular flexibility index (Phi) is 6.66. The highest BCUT2D eigenvalue weighted by molar-refractivity contribution is 7.17. The Morgan fingerprint density at radius 1 is 0.875 bits per heavy atom. The highest BCUT2D eigenvalue weighted by Crippen LogP contribution is 2.38. The summed E-state index contributed by atoms with van der Waals surface area (Å²) in [5, 5.41) is 6.43. The van der Waals surface area contributed by atoms with Gasteiger partial charge in [-0.15, -0.1) is 11.3 Å². The Hall–Kier alpha value is -3.45. The molecule has 2 N–H and O–H groups in total. The van der Waals surface area contributed by atoms with Gasteiger partial charge in [0.15, 0.2) is 0 Å². The molecule has 0 spiro atoms. The molecule has 1 aliphatic rings. The molecule has 0 fully saturated rings. The van der Waals surface area contributed by atoms with Gasteiger partial charge in [-0.3, -0.25) is 9.59 Å². The summed E-state index contributed by atoms with van der Waals surface area (Å²) >= 11 is 1.48. The van der Waals surface area contributed by atoms with Gasteiger partial charge in [0.05, 0.1) is 17.7 Å². The summed E-state index contributed by atoms with van der Waals surface area (Å²) in [6.45, 7) is 2.06. The van der Waals surface area contributed by atoms with Crippen LogP contribution in [0.2, 0.25) is 0 Å². The molecule has 4 rings (SSSR count). The number of hydrogen-bond acceptors (Lipinski definition) is 5. The average Bonchev–Trinajstić information content (AvgIpc) is 3.18. The van der Waals surface area contributed by atoms with Crippen molar-refractivity contribution in [3.8, 4) is 0 Å². The number of hydrogen-bond donors (Lipinski definition) is 2. The van der Waals surface area contributed by atoms with Crippen LogP contribution >= 0.6 is 11.3 Å². The molecule has 1 heterocycles. The number of carbonyl (C=O) groups is 3. The smallest absolute Gasteiger partial charge is 0.338 e. The van der Waals surface area contributed by atoms with Crippen molar-refractivity contribution in [2.45, 2.75) is 32.6 Å². The van der Waals surface area contributed by atoms with Gasteiger partial charge in [0.2, 0.25) is 0 Å². The minimum Gasteiger partial charge on any atom is -0.462 e. The number of ether oxygens (including phenoxy) is 1. The molecule has 7 heteroatoms. The van der Waals surface area contributed by atoms with Crippen LogP contribution in [0.4, 0.5) is 10.7 Å². The molecule has 0 aliphatic heterocycles. The molecule has 0 bridgehead atoms. The summed E-state index contributed by atoms with van der Waals surface area (Å²) in [5.41, 5.74) is 3.08. The van der Waals surface area contributed by atoms with Gasteiger partial charge < -0.3 is 15.4 Å². The number of fused-ring (bicyclic) bond motifs is 1. The van der Waals surface area contributed by atoms with Gasteiger partial charge in [0.1, 0.15) is 5.00 Å². The maximum atomic E-state index is 13.3. The molecule has 32 heavy (non-hydrogen) atoms. The Bertz CT molecular complexity index is 1140. The van der Waals surface area contributed by atoms with Crippen molar-refractivity contribution >= 4 is 39.8 Å². The topological polar surface area (TPSA) is 84.5 Å². The predicted molar refractivity (Wildman–Crippen MR) is 126 cm³/mol. The first-order valence-corrected chi connectivity index (χ1v) is 11.5. The lowest BCUT2D eigenvalue weighted by Crippen LogP contribution is -2.18. The Morgan fingerprint density at radius 2 is 1.59 bits per heavy atom. The van der Waals surface area contributed by atoms with E-state index in [1.54, 1.807) is 43.3 Å². The fourth-order valence-corrected chi connectivity index (χ4v) is 5.04. The summed E-state index contributed by atoms with van der Waals surface area (Å²) < 4.78 is 4.99. The van der Waals surface area contributed by atoms with E-state index in [9.17, 15) is 14.4 Å². The molecule has 0 saturated carbocycles. The molecule has 1 aliphatic carbocycles. The van der Waals surface area contributed by atoms with Crippen LogP contribution in [0.15, 0.2) is 54.6 Å². The minimum absolute atomic E-state index is 0.239. The van der Waals surface area contributed by atoms with Crippen molar-refractivity contribution in [1.29, 1.82) is 0 Å². The summed E-state index contributed by atoms with van der Waals surface area (Å²) in [6, 6.07) is 15.5. The van der Waals surface area contributed by atoms with E-state index in [1.165, 1.54) is 11.3 Å². The van der Waals surface area contributed by atoms with E-state index in [2.05, 4.69) is 10.6 Å². The van der Waals surface area contributed by atoms with Gasteiger partial charge in [0, 0.05) is 16.1 Å². The van der Waals surface area contributed by atoms with Crippen LogP contribution in [-0.2, 0) is 17.6 Å². The lowest BCUT2D eigenvalue weighted by Gasteiger charge is -2.13. The zero-order chi connectivity index (χ0) is 22.5. The average molecular weight is 449 g/mol. The number of amides is 2. The van der Waals surface area contributed by atoms with Gasteiger partial charge in [0.25, 0.3) is 11.8 Å². The molecule has 164 valence electrons. The van der Waals surface area contributed by atoms with Crippen LogP contribution in [-0.4, -0.2) is 24.4 Å². The third kappa shape index (κ3) is 4.73. The second kappa shape index (κ2) is 9.78. The Balaban J connectivity index is 1.58. The van der Waals surface area contributed by atoms with E-state index in [4.69, 9.17) is 4.74 Å². The lowest BCUT2D eigenvalue weighted by molar-refractivity contribution is 0.0526. The zero-order valence-electron chi connectivity index (χ0n) is 17.8. The predicted octanol–water partition coefficient (Wildman–Crippen LogP) is 5.31. The number of aryl methyl sites for hydroxylation is 1. The fraction of sp³-hybridized carbons (Fsp3) is 0.240. The molecule has 0 radical (unpaired) electrons. The highest BCUT2D eigenvalue weighted by Gasteiger charge is 2.26. The van der Waals surface area contributed by atoms with Gasteiger partial charge in [-0.05, 0) is 74.6 Å². The number of carbonyl (C=O) groups excluding carboxylic acids is 3. The Labute approximate surface area is 190 Å². The Morgan fingerprint density at radius 3 is 2.31 bits per heavy atom. The lowest BCUT2D eigenvalue weighted by atomic mass is 9.95. The minimum atomic E-state index is -0.400. The maximum Gasteiger partial charge on any atom is 0.338 e. The summed E-state index contributed by atoms with van der Waals surface area (Å²) in [5.74, 6) is -0.906. The van der Waals surface area contributed by atoms with Crippen molar-refractivity contribution in [3.05, 3.63) is 81.7 Å². The van der Waals surface area contributed by atoms with Crippen LogP contribution in [0.5, 0.6) is 0 Å². The number of anilines is 2. The normalized spacial score (nSPS) is 12.5. The van der Waals surface area contributed by atoms with Gasteiger partial charge >= 0.3 is 5.97 Å². The fourth-order valence-electron chi connectivity index (χ4n) is 3.76. The molecule has 0 unspecified atom stereocenters. The third-order valence-electron chi connectivity index (χ3n) is 5.32. The van der Waals surface area contributed by atoms with Crippen molar-refractivity contribution in [2.24, 2.45) is 0 Å². The summed E-state index contributed by atoms with van der Waals surface area (Å²) in [4.78, 5) is 39.0. The second-order valence-corrected chi connectivity index (χ2v) is 8.59. The molecular formula is C25H24N2O4S. The zero-order valence-corrected chi connectivity index (χ0v) is 18.6. The van der Waals surface area contributed by atoms with E-state index in [-0.39, 0.29) is 11.8 Å². The molecule has 1 aromatic heterocycles. The van der Waals surface area contributed by atoms with Gasteiger partial charge in [-0.1, -0.05) is 18.2 Å². The van der Waals surface area contributed by atoms with Crippen LogP contribution in [0, 0.1) is 0 Å². The first-order chi connectivity index (χ1) is 15.6. The van der Waals surface area contributed by atoms with E-state index >= 15 is 0 Å². The SMILES string of the molecule is CCOC(=O)c1ccc(NC(=O)c2c(NC(=O)c3ccccc3)sc3c2CCCC3)cc1. The van der Waals surface area contributed by atoms with E-state index in [1.807, 2.05) is 18.2 Å². The largest absolute Gasteiger partial charge is 0.462 e. The van der Waals surface area contributed by atoms with Crippen molar-refractivity contribution in [3.63, 3.8) is 0 Å². The molecular weight excluding hydrogens is 424 g/mol. The monoisotopic (exact) mass is 448 g/mol. The van der Waals surface area contributed by atoms with Crippen molar-refractivity contribution < 1.29 is 19.1 Å². The molecule has 6 nitrogen and oxygen atoms in total. The molecule has 2 amide bonds. The third-order valence-corrected chi connectivity index (χ3v) is 6.52. The van der Waals surface area contributed by atoms with E-state index in [0.717, 1.165) is 36.1 Å². The highest BCUT2D eigenvalue weighted by atomic mass is 32.1. The maximum absolute atomic E-state index is 13.3. The van der Waals surface area contributed by atoms with Crippen molar-refractivity contribution in [2.75, 3.05) is 17.2 Å². The number of nitrogens with one attached hydrogen (secondary N) is 2. The molecule has 3 aromatic rings. The first-order valence-electron chi connectivity index (χ1n) is 10.7. The number of thiophene rings is 1. The number of benzene rings is 2. The van der Waals surface area contributed by atoms with Crippen LogP contribution in [0.25, 0.3) is 0 Å². The number of esters is 1. The van der Waals surface area contributed by atoms with Gasteiger partial charge in [-0.25, -0.2) is 4.79 Å².